The average Bonchev–Trinajstić information content (AvgIpc) is 2.49. The Labute approximate surface area is 131 Å². The van der Waals surface area contributed by atoms with Gasteiger partial charge in [0, 0.05) is 16.1 Å². The van der Waals surface area contributed by atoms with Crippen molar-refractivity contribution >= 4 is 27.9 Å². The lowest BCUT2D eigenvalue weighted by atomic mass is 10.1. The Kier molecular flexibility index (Phi) is 5.28. The van der Waals surface area contributed by atoms with E-state index in [-0.39, 0.29) is 17.8 Å². The highest BCUT2D eigenvalue weighted by molar-refractivity contribution is 9.10. The molecule has 2 nitrogen and oxygen atoms in total. The van der Waals surface area contributed by atoms with E-state index in [4.69, 9.17) is 0 Å². The maximum absolute atomic E-state index is 13.5. The van der Waals surface area contributed by atoms with Crippen LogP contribution in [0.4, 0.5) is 4.39 Å². The summed E-state index contributed by atoms with van der Waals surface area (Å²) < 4.78 is 14.3. The van der Waals surface area contributed by atoms with Gasteiger partial charge in [-0.25, -0.2) is 4.39 Å². The summed E-state index contributed by atoms with van der Waals surface area (Å²) in [6.45, 7) is 1.90. The van der Waals surface area contributed by atoms with Crippen LogP contribution in [0.5, 0.6) is 0 Å². The maximum Gasteiger partial charge on any atom is 0.244 e. The van der Waals surface area contributed by atoms with E-state index < -0.39 is 0 Å². The van der Waals surface area contributed by atoms with E-state index in [0.717, 1.165) is 10.0 Å². The van der Waals surface area contributed by atoms with Crippen LogP contribution in [-0.4, -0.2) is 5.91 Å². The van der Waals surface area contributed by atoms with Crippen molar-refractivity contribution in [3.05, 3.63) is 76.0 Å². The van der Waals surface area contributed by atoms with Gasteiger partial charge in [0.2, 0.25) is 5.91 Å². The predicted octanol–water partition coefficient (Wildman–Crippen LogP) is 4.48. The van der Waals surface area contributed by atoms with Crippen molar-refractivity contribution in [2.24, 2.45) is 0 Å². The molecule has 2 aromatic rings. The molecule has 0 spiro atoms. The van der Waals surface area contributed by atoms with E-state index in [1.807, 2.05) is 37.3 Å². The van der Waals surface area contributed by atoms with Crippen LogP contribution in [0.15, 0.2) is 59.1 Å². The first kappa shape index (κ1) is 15.4. The molecule has 0 bridgehead atoms. The molecule has 0 saturated heterocycles. The minimum atomic E-state index is -0.363. The quantitative estimate of drug-likeness (QED) is 0.811. The molecule has 0 radical (unpaired) electrons. The summed E-state index contributed by atoms with van der Waals surface area (Å²) in [6, 6.07) is 14.2. The van der Waals surface area contributed by atoms with Gasteiger partial charge in [0.05, 0.1) is 6.04 Å². The van der Waals surface area contributed by atoms with Crippen molar-refractivity contribution in [3.8, 4) is 0 Å². The molecule has 4 heteroatoms. The molecule has 21 heavy (non-hydrogen) atoms. The van der Waals surface area contributed by atoms with Crippen LogP contribution in [0.25, 0.3) is 6.08 Å². The number of carbonyl (C=O) groups excluding carboxylic acids is 1. The lowest BCUT2D eigenvalue weighted by molar-refractivity contribution is -0.117. The first-order valence-corrected chi connectivity index (χ1v) is 7.34. The van der Waals surface area contributed by atoms with Crippen LogP contribution < -0.4 is 5.32 Å². The molecule has 0 aromatic heterocycles. The van der Waals surface area contributed by atoms with Gasteiger partial charge in [-0.3, -0.25) is 4.79 Å². The molecule has 0 aliphatic carbocycles. The minimum Gasteiger partial charge on any atom is -0.346 e. The number of halogens is 2. The van der Waals surface area contributed by atoms with Gasteiger partial charge in [-0.2, -0.15) is 0 Å². The summed E-state index contributed by atoms with van der Waals surface area (Å²) in [5.41, 5.74) is 1.39. The first-order valence-electron chi connectivity index (χ1n) is 6.55. The highest BCUT2D eigenvalue weighted by Gasteiger charge is 2.07. The van der Waals surface area contributed by atoms with Gasteiger partial charge in [-0.15, -0.1) is 0 Å². The van der Waals surface area contributed by atoms with Crippen LogP contribution in [0.1, 0.15) is 24.1 Å². The Hall–Kier alpha value is -1.94. The Morgan fingerprint density at radius 1 is 1.24 bits per heavy atom. The molecule has 0 fully saturated rings. The summed E-state index contributed by atoms with van der Waals surface area (Å²) in [5.74, 6) is -0.621. The van der Waals surface area contributed by atoms with Gasteiger partial charge in [0.25, 0.3) is 0 Å². The van der Waals surface area contributed by atoms with Gasteiger partial charge in [0.1, 0.15) is 5.82 Å². The molecule has 2 aromatic carbocycles. The molecule has 1 N–H and O–H groups in total. The van der Waals surface area contributed by atoms with Crippen molar-refractivity contribution in [1.29, 1.82) is 0 Å². The summed E-state index contributed by atoms with van der Waals surface area (Å²) in [5, 5.41) is 2.84. The van der Waals surface area contributed by atoms with Gasteiger partial charge in [0.15, 0.2) is 0 Å². The molecule has 1 amide bonds. The molecule has 0 aliphatic heterocycles. The third kappa shape index (κ3) is 4.53. The van der Waals surface area contributed by atoms with Crippen LogP contribution in [0, 0.1) is 5.82 Å². The molecule has 1 unspecified atom stereocenters. The second kappa shape index (κ2) is 7.18. The number of nitrogens with one attached hydrogen (secondary N) is 1. The Bertz CT molecular complexity index is 655. The highest BCUT2D eigenvalue weighted by Crippen LogP contribution is 2.17. The number of benzene rings is 2. The number of hydrogen-bond donors (Lipinski definition) is 1. The van der Waals surface area contributed by atoms with Gasteiger partial charge < -0.3 is 5.32 Å². The fraction of sp³-hybridized carbons (Fsp3) is 0.118. The number of hydrogen-bond acceptors (Lipinski definition) is 1. The normalized spacial score (nSPS) is 12.3. The molecule has 0 heterocycles. The standard InChI is InChI=1S/C17H15BrFNO/c1-12(13-5-3-2-4-6-13)20-17(21)10-7-14-11-15(18)8-9-16(14)19/h2-12H,1H3,(H,20,21)/b10-7+. The molecular formula is C17H15BrFNO. The minimum absolute atomic E-state index is 0.101. The lowest BCUT2D eigenvalue weighted by Crippen LogP contribution is -2.24. The molecule has 0 aliphatic rings. The average molecular weight is 348 g/mol. The smallest absolute Gasteiger partial charge is 0.244 e. The second-order valence-electron chi connectivity index (χ2n) is 4.64. The van der Waals surface area contributed by atoms with E-state index in [0.29, 0.717) is 5.56 Å². The van der Waals surface area contributed by atoms with Gasteiger partial charge in [-0.05, 0) is 36.8 Å². The van der Waals surface area contributed by atoms with Crippen LogP contribution in [-0.2, 0) is 4.79 Å². The monoisotopic (exact) mass is 347 g/mol. The maximum atomic E-state index is 13.5. The second-order valence-corrected chi connectivity index (χ2v) is 5.56. The van der Waals surface area contributed by atoms with E-state index in [9.17, 15) is 9.18 Å². The van der Waals surface area contributed by atoms with E-state index in [1.54, 1.807) is 12.1 Å². The highest BCUT2D eigenvalue weighted by atomic mass is 79.9. The zero-order chi connectivity index (χ0) is 15.2. The van der Waals surface area contributed by atoms with E-state index in [2.05, 4.69) is 21.2 Å². The van der Waals surface area contributed by atoms with Crippen LogP contribution >= 0.6 is 15.9 Å². The third-order valence-corrected chi connectivity index (χ3v) is 3.52. The van der Waals surface area contributed by atoms with Crippen molar-refractivity contribution in [2.75, 3.05) is 0 Å². The fourth-order valence-corrected chi connectivity index (χ4v) is 2.27. The Balaban J connectivity index is 2.01. The summed E-state index contributed by atoms with van der Waals surface area (Å²) in [7, 11) is 0. The number of carbonyl (C=O) groups is 1. The van der Waals surface area contributed by atoms with Crippen molar-refractivity contribution in [1.82, 2.24) is 5.32 Å². The van der Waals surface area contributed by atoms with E-state index >= 15 is 0 Å². The lowest BCUT2D eigenvalue weighted by Gasteiger charge is -2.12. The Morgan fingerprint density at radius 2 is 1.95 bits per heavy atom. The van der Waals surface area contributed by atoms with Crippen LogP contribution in [0.3, 0.4) is 0 Å². The molecule has 0 saturated carbocycles. The third-order valence-electron chi connectivity index (χ3n) is 3.03. The van der Waals surface area contributed by atoms with Crippen molar-refractivity contribution in [3.63, 3.8) is 0 Å². The number of amides is 1. The summed E-state index contributed by atoms with van der Waals surface area (Å²) in [4.78, 5) is 11.9. The SMILES string of the molecule is CC(NC(=O)/C=C/c1cc(Br)ccc1F)c1ccccc1. The first-order chi connectivity index (χ1) is 10.1. The zero-order valence-corrected chi connectivity index (χ0v) is 13.1. The van der Waals surface area contributed by atoms with Gasteiger partial charge in [-0.1, -0.05) is 46.3 Å². The Morgan fingerprint density at radius 3 is 2.67 bits per heavy atom. The van der Waals surface area contributed by atoms with Crippen molar-refractivity contribution < 1.29 is 9.18 Å². The fourth-order valence-electron chi connectivity index (χ4n) is 1.89. The molecule has 108 valence electrons. The topological polar surface area (TPSA) is 29.1 Å². The van der Waals surface area contributed by atoms with Crippen molar-refractivity contribution in [2.45, 2.75) is 13.0 Å². The molecule has 1 atom stereocenters. The van der Waals surface area contributed by atoms with Gasteiger partial charge >= 0.3 is 0 Å². The largest absolute Gasteiger partial charge is 0.346 e. The summed E-state index contributed by atoms with van der Waals surface area (Å²) >= 11 is 3.27. The predicted molar refractivity (Wildman–Crippen MR) is 86.1 cm³/mol. The number of rotatable bonds is 4. The zero-order valence-electron chi connectivity index (χ0n) is 11.5. The molecular weight excluding hydrogens is 333 g/mol. The van der Waals surface area contributed by atoms with Crippen LogP contribution in [0.2, 0.25) is 0 Å². The summed E-state index contributed by atoms with van der Waals surface area (Å²) in [6.07, 6.45) is 2.80. The molecule has 2 rings (SSSR count). The van der Waals surface area contributed by atoms with E-state index in [1.165, 1.54) is 18.2 Å².